The molecule has 0 saturated carbocycles. The standard InChI is InChI=1S/C17H15NO5S.Na.H/c1-10-3-4-11(2)12(7-10)9-18-15-6-5-13(24(21,22)23)8-14(15)16(19)17(18)20;;/h3-8H,9H2,1-2H3,(H,21,22,23);;/q;+1;-1. The number of nitrogens with zero attached hydrogens (tertiary/aromatic N) is 1. The molecule has 1 aliphatic rings. The van der Waals surface area contributed by atoms with Crippen LogP contribution in [0.2, 0.25) is 0 Å². The fourth-order valence-corrected chi connectivity index (χ4v) is 3.24. The summed E-state index contributed by atoms with van der Waals surface area (Å²) in [5, 5.41) is 0. The maximum Gasteiger partial charge on any atom is 1.00 e. The van der Waals surface area contributed by atoms with Crippen LogP contribution in [0.25, 0.3) is 0 Å². The van der Waals surface area contributed by atoms with Gasteiger partial charge in [-0.05, 0) is 43.2 Å². The van der Waals surface area contributed by atoms with Crippen molar-refractivity contribution in [1.82, 2.24) is 0 Å². The molecule has 0 radical (unpaired) electrons. The normalized spacial score (nSPS) is 13.6. The Morgan fingerprint density at radius 3 is 2.40 bits per heavy atom. The Balaban J connectivity index is 0.00000169. The molecular formula is C17H16NNaO5S. The quantitative estimate of drug-likeness (QED) is 0.443. The van der Waals surface area contributed by atoms with Gasteiger partial charge in [-0.15, -0.1) is 0 Å². The van der Waals surface area contributed by atoms with Crippen molar-refractivity contribution >= 4 is 27.5 Å². The molecular weight excluding hydrogens is 353 g/mol. The van der Waals surface area contributed by atoms with E-state index in [2.05, 4.69) is 0 Å². The maximum atomic E-state index is 12.3. The van der Waals surface area contributed by atoms with Crippen molar-refractivity contribution in [2.75, 3.05) is 4.90 Å². The monoisotopic (exact) mass is 369 g/mol. The van der Waals surface area contributed by atoms with Crippen molar-refractivity contribution in [3.63, 3.8) is 0 Å². The summed E-state index contributed by atoms with van der Waals surface area (Å²) < 4.78 is 31.5. The van der Waals surface area contributed by atoms with E-state index in [1.807, 2.05) is 32.0 Å². The number of benzene rings is 2. The van der Waals surface area contributed by atoms with Crippen molar-refractivity contribution in [2.24, 2.45) is 0 Å². The topological polar surface area (TPSA) is 91.8 Å². The second kappa shape index (κ2) is 7.01. The van der Waals surface area contributed by atoms with Gasteiger partial charge < -0.3 is 6.33 Å². The molecule has 8 heteroatoms. The summed E-state index contributed by atoms with van der Waals surface area (Å²) in [7, 11) is -4.44. The van der Waals surface area contributed by atoms with Crippen LogP contribution in [0.4, 0.5) is 5.69 Å². The average molecular weight is 369 g/mol. The van der Waals surface area contributed by atoms with Gasteiger partial charge in [-0.3, -0.25) is 14.1 Å². The molecule has 0 saturated heterocycles. The van der Waals surface area contributed by atoms with E-state index in [1.54, 1.807) is 0 Å². The molecule has 25 heavy (non-hydrogen) atoms. The molecule has 0 fully saturated rings. The van der Waals surface area contributed by atoms with Crippen LogP contribution in [0.1, 0.15) is 28.5 Å². The van der Waals surface area contributed by atoms with Gasteiger partial charge in [0.1, 0.15) is 0 Å². The van der Waals surface area contributed by atoms with Crippen LogP contribution in [0, 0.1) is 13.8 Å². The molecule has 0 aromatic heterocycles. The first kappa shape index (κ1) is 19.8. The van der Waals surface area contributed by atoms with Crippen LogP contribution < -0.4 is 34.5 Å². The second-order valence-electron chi connectivity index (χ2n) is 5.80. The van der Waals surface area contributed by atoms with E-state index in [9.17, 15) is 18.0 Å². The van der Waals surface area contributed by atoms with Gasteiger partial charge in [0.05, 0.1) is 22.7 Å². The second-order valence-corrected chi connectivity index (χ2v) is 7.23. The predicted octanol–water partition coefficient (Wildman–Crippen LogP) is -0.604. The van der Waals surface area contributed by atoms with Crippen LogP contribution in [0.5, 0.6) is 0 Å². The molecule has 0 unspecified atom stereocenters. The van der Waals surface area contributed by atoms with Gasteiger partial charge in [0, 0.05) is 0 Å². The number of hydrogen-bond acceptors (Lipinski definition) is 4. The van der Waals surface area contributed by atoms with E-state index in [0.717, 1.165) is 22.8 Å². The van der Waals surface area contributed by atoms with Crippen molar-refractivity contribution in [2.45, 2.75) is 25.3 Å². The van der Waals surface area contributed by atoms with E-state index in [0.29, 0.717) is 5.69 Å². The molecule has 1 aliphatic heterocycles. The van der Waals surface area contributed by atoms with E-state index in [4.69, 9.17) is 4.55 Å². The fraction of sp³-hybridized carbons (Fsp3) is 0.176. The van der Waals surface area contributed by atoms with Gasteiger partial charge in [-0.1, -0.05) is 23.8 Å². The number of anilines is 1. The number of amides is 1. The summed E-state index contributed by atoms with van der Waals surface area (Å²) in [5.41, 5.74) is 3.26. The van der Waals surface area contributed by atoms with Crippen LogP contribution in [-0.4, -0.2) is 24.7 Å². The molecule has 1 heterocycles. The van der Waals surface area contributed by atoms with Crippen molar-refractivity contribution in [3.05, 3.63) is 58.7 Å². The molecule has 0 bridgehead atoms. The van der Waals surface area contributed by atoms with Crippen molar-refractivity contribution in [3.8, 4) is 0 Å². The van der Waals surface area contributed by atoms with Crippen LogP contribution in [0.3, 0.4) is 0 Å². The molecule has 0 aliphatic carbocycles. The van der Waals surface area contributed by atoms with E-state index in [1.165, 1.54) is 17.0 Å². The number of hydrogen-bond donors (Lipinski definition) is 1. The minimum atomic E-state index is -4.44. The maximum absolute atomic E-state index is 12.3. The summed E-state index contributed by atoms with van der Waals surface area (Å²) in [6.45, 7) is 4.07. The molecule has 126 valence electrons. The van der Waals surface area contributed by atoms with Crippen LogP contribution in [-0.2, 0) is 21.5 Å². The van der Waals surface area contributed by atoms with E-state index < -0.39 is 26.7 Å². The first-order valence-corrected chi connectivity index (χ1v) is 8.66. The van der Waals surface area contributed by atoms with E-state index >= 15 is 0 Å². The number of rotatable bonds is 3. The third kappa shape index (κ3) is 3.70. The largest absolute Gasteiger partial charge is 1.00 e. The Bertz CT molecular complexity index is 991. The zero-order chi connectivity index (χ0) is 17.6. The van der Waals surface area contributed by atoms with Gasteiger partial charge in [0.25, 0.3) is 21.8 Å². The third-order valence-corrected chi connectivity index (χ3v) is 4.92. The average Bonchev–Trinajstić information content (AvgIpc) is 2.75. The molecule has 3 rings (SSSR count). The van der Waals surface area contributed by atoms with E-state index in [-0.39, 0.29) is 43.1 Å². The van der Waals surface area contributed by atoms with Crippen molar-refractivity contribution < 1.29 is 53.5 Å². The zero-order valence-corrected chi connectivity index (χ0v) is 16.9. The molecule has 2 aromatic rings. The van der Waals surface area contributed by atoms with Crippen molar-refractivity contribution in [1.29, 1.82) is 0 Å². The summed E-state index contributed by atoms with van der Waals surface area (Å²) >= 11 is 0. The number of carbonyl (C=O) groups is 2. The third-order valence-electron chi connectivity index (χ3n) is 4.07. The minimum absolute atomic E-state index is 0. The van der Waals surface area contributed by atoms with Gasteiger partial charge in [0.15, 0.2) is 0 Å². The van der Waals surface area contributed by atoms with Crippen LogP contribution >= 0.6 is 0 Å². The number of fused-ring (bicyclic) bond motifs is 1. The number of aryl methyl sites for hydroxylation is 2. The minimum Gasteiger partial charge on any atom is -1.00 e. The van der Waals surface area contributed by atoms with Gasteiger partial charge >= 0.3 is 29.6 Å². The summed E-state index contributed by atoms with van der Waals surface area (Å²) in [5.74, 6) is -1.49. The SMILES string of the molecule is Cc1ccc(C)c(CN2C(=O)C(=O)c3cc(S(=O)(=O)O)ccc32)c1.[H-].[Na+]. The summed E-state index contributed by atoms with van der Waals surface area (Å²) in [4.78, 5) is 25.4. The molecule has 0 atom stereocenters. The predicted molar refractivity (Wildman–Crippen MR) is 88.8 cm³/mol. The van der Waals surface area contributed by atoms with Gasteiger partial charge in [-0.25, -0.2) is 0 Å². The number of ketones is 1. The summed E-state index contributed by atoms with van der Waals surface area (Å²) in [6.07, 6.45) is 0. The number of Topliss-reactive ketones (excluding diaryl/α,β-unsaturated/α-hetero) is 1. The Morgan fingerprint density at radius 2 is 1.76 bits per heavy atom. The number of carbonyl (C=O) groups excluding carboxylic acids is 2. The smallest absolute Gasteiger partial charge is 1.00 e. The Morgan fingerprint density at radius 1 is 1.08 bits per heavy atom. The fourth-order valence-electron chi connectivity index (χ4n) is 2.74. The molecule has 1 amide bonds. The zero-order valence-electron chi connectivity index (χ0n) is 15.1. The van der Waals surface area contributed by atoms with Gasteiger partial charge in [0.2, 0.25) is 0 Å². The molecule has 0 spiro atoms. The molecule has 6 nitrogen and oxygen atoms in total. The Labute approximate surface area is 169 Å². The Hall–Kier alpha value is -1.51. The van der Waals surface area contributed by atoms with Crippen LogP contribution in [0.15, 0.2) is 41.3 Å². The first-order chi connectivity index (χ1) is 11.2. The molecule has 2 aromatic carbocycles. The first-order valence-electron chi connectivity index (χ1n) is 7.22. The van der Waals surface area contributed by atoms with Gasteiger partial charge in [-0.2, -0.15) is 8.42 Å². The summed E-state index contributed by atoms with van der Waals surface area (Å²) in [6, 6.07) is 9.42. The Kier molecular flexibility index (Phi) is 5.56. The molecule has 1 N–H and O–H groups in total.